The van der Waals surface area contributed by atoms with Crippen molar-refractivity contribution in [2.45, 2.75) is 0 Å². The summed E-state index contributed by atoms with van der Waals surface area (Å²) in [6, 6.07) is 7.71. The highest BCUT2D eigenvalue weighted by molar-refractivity contribution is 7.13. The van der Waals surface area contributed by atoms with Gasteiger partial charge in [-0.15, -0.1) is 11.3 Å². The maximum Gasteiger partial charge on any atom is 0.154 e. The fourth-order valence-corrected chi connectivity index (χ4v) is 2.41. The molecule has 0 aromatic carbocycles. The first-order chi connectivity index (χ1) is 7.86. The second-order valence-electron chi connectivity index (χ2n) is 3.31. The smallest absolute Gasteiger partial charge is 0.154 e. The van der Waals surface area contributed by atoms with Gasteiger partial charge in [0, 0.05) is 4.88 Å². The van der Waals surface area contributed by atoms with E-state index in [2.05, 4.69) is 10.2 Å². The van der Waals surface area contributed by atoms with Gasteiger partial charge >= 0.3 is 0 Å². The minimum Gasteiger partial charge on any atom is -0.463 e. The molecule has 0 saturated carbocycles. The molecule has 0 atom stereocenters. The molecule has 3 aromatic rings. The molecule has 4 nitrogen and oxygen atoms in total. The Morgan fingerprint density at radius 3 is 2.94 bits per heavy atom. The van der Waals surface area contributed by atoms with Crippen LogP contribution < -0.4 is 5.73 Å². The zero-order valence-corrected chi connectivity index (χ0v) is 9.12. The molecular weight excluding hydrogens is 222 g/mol. The minimum absolute atomic E-state index is 0.494. The zero-order valence-electron chi connectivity index (χ0n) is 8.31. The van der Waals surface area contributed by atoms with Crippen molar-refractivity contribution in [1.82, 2.24) is 10.2 Å². The zero-order chi connectivity index (χ0) is 11.0. The number of aromatic amines is 1. The first-order valence-electron chi connectivity index (χ1n) is 4.78. The maximum absolute atomic E-state index is 5.86. The van der Waals surface area contributed by atoms with E-state index in [0.29, 0.717) is 5.82 Å². The molecule has 0 aliphatic heterocycles. The van der Waals surface area contributed by atoms with E-state index in [4.69, 9.17) is 10.2 Å². The number of nitrogens with two attached hydrogens (primary N) is 1. The van der Waals surface area contributed by atoms with Crippen molar-refractivity contribution in [3.63, 3.8) is 0 Å². The van der Waals surface area contributed by atoms with Crippen LogP contribution in [0.25, 0.3) is 21.9 Å². The second kappa shape index (κ2) is 3.53. The first kappa shape index (κ1) is 9.23. The molecule has 3 aromatic heterocycles. The third-order valence-corrected chi connectivity index (χ3v) is 3.22. The lowest BCUT2D eigenvalue weighted by Crippen LogP contribution is -1.86. The van der Waals surface area contributed by atoms with Crippen LogP contribution in [0.3, 0.4) is 0 Å². The number of hydrogen-bond acceptors (Lipinski definition) is 4. The fourth-order valence-electron chi connectivity index (χ4n) is 1.63. The predicted molar refractivity (Wildman–Crippen MR) is 64.0 cm³/mol. The minimum atomic E-state index is 0.494. The number of anilines is 1. The summed E-state index contributed by atoms with van der Waals surface area (Å²) in [5.41, 5.74) is 7.59. The monoisotopic (exact) mass is 231 g/mol. The van der Waals surface area contributed by atoms with Crippen LogP contribution in [0.2, 0.25) is 0 Å². The van der Waals surface area contributed by atoms with Gasteiger partial charge < -0.3 is 10.2 Å². The Kier molecular flexibility index (Phi) is 2.04. The summed E-state index contributed by atoms with van der Waals surface area (Å²) in [7, 11) is 0. The SMILES string of the molecule is Nc1n[nH]c(-c2ccco2)c1-c1cccs1. The summed E-state index contributed by atoms with van der Waals surface area (Å²) in [5.74, 6) is 1.24. The number of hydrogen-bond donors (Lipinski definition) is 2. The molecule has 16 heavy (non-hydrogen) atoms. The van der Waals surface area contributed by atoms with Gasteiger partial charge in [-0.05, 0) is 23.6 Å². The lowest BCUT2D eigenvalue weighted by molar-refractivity contribution is 0.580. The average Bonchev–Trinajstić information content (AvgIpc) is 2.96. The van der Waals surface area contributed by atoms with E-state index >= 15 is 0 Å². The van der Waals surface area contributed by atoms with Gasteiger partial charge in [0.25, 0.3) is 0 Å². The highest BCUT2D eigenvalue weighted by Gasteiger charge is 2.16. The molecule has 0 bridgehead atoms. The van der Waals surface area contributed by atoms with Gasteiger partial charge in [0.05, 0.1) is 11.8 Å². The molecule has 0 amide bonds. The Bertz CT molecular complexity index is 581. The highest BCUT2D eigenvalue weighted by atomic mass is 32.1. The highest BCUT2D eigenvalue weighted by Crippen LogP contribution is 2.36. The number of nitrogen functional groups attached to an aromatic ring is 1. The van der Waals surface area contributed by atoms with Gasteiger partial charge in [-0.1, -0.05) is 6.07 Å². The molecule has 5 heteroatoms. The molecule has 0 spiro atoms. The van der Waals surface area contributed by atoms with Crippen LogP contribution in [0.15, 0.2) is 40.3 Å². The molecule has 0 unspecified atom stereocenters. The van der Waals surface area contributed by atoms with Gasteiger partial charge in [0.1, 0.15) is 5.69 Å². The summed E-state index contributed by atoms with van der Waals surface area (Å²) < 4.78 is 5.35. The lowest BCUT2D eigenvalue weighted by Gasteiger charge is -1.98. The molecule has 0 radical (unpaired) electrons. The molecule has 0 aliphatic carbocycles. The summed E-state index contributed by atoms with van der Waals surface area (Å²) in [6.07, 6.45) is 1.63. The van der Waals surface area contributed by atoms with Crippen LogP contribution in [0.5, 0.6) is 0 Å². The third-order valence-electron chi connectivity index (χ3n) is 2.33. The van der Waals surface area contributed by atoms with E-state index in [1.54, 1.807) is 17.6 Å². The van der Waals surface area contributed by atoms with Crippen molar-refractivity contribution < 1.29 is 4.42 Å². The van der Waals surface area contributed by atoms with E-state index in [9.17, 15) is 0 Å². The molecule has 0 aliphatic rings. The number of nitrogens with zero attached hydrogens (tertiary/aromatic N) is 1. The van der Waals surface area contributed by atoms with Gasteiger partial charge in [-0.3, -0.25) is 5.10 Å². The number of thiophene rings is 1. The van der Waals surface area contributed by atoms with E-state index in [1.807, 2.05) is 29.6 Å². The molecule has 3 heterocycles. The van der Waals surface area contributed by atoms with Crippen molar-refractivity contribution >= 4 is 17.2 Å². The summed E-state index contributed by atoms with van der Waals surface area (Å²) in [5, 5.41) is 8.94. The van der Waals surface area contributed by atoms with E-state index in [-0.39, 0.29) is 0 Å². The van der Waals surface area contributed by atoms with Crippen molar-refractivity contribution in [3.05, 3.63) is 35.9 Å². The lowest BCUT2D eigenvalue weighted by atomic mass is 10.1. The van der Waals surface area contributed by atoms with E-state index in [0.717, 1.165) is 21.9 Å². The van der Waals surface area contributed by atoms with Gasteiger partial charge in [-0.2, -0.15) is 5.10 Å². The predicted octanol–water partition coefficient (Wildman–Crippen LogP) is 2.98. The summed E-state index contributed by atoms with van der Waals surface area (Å²) in [4.78, 5) is 1.08. The molecular formula is C11H9N3OS. The van der Waals surface area contributed by atoms with Crippen molar-refractivity contribution in [1.29, 1.82) is 0 Å². The number of rotatable bonds is 2. The van der Waals surface area contributed by atoms with Crippen molar-refractivity contribution in [2.75, 3.05) is 5.73 Å². The van der Waals surface area contributed by atoms with Crippen LogP contribution >= 0.6 is 11.3 Å². The van der Waals surface area contributed by atoms with Crippen LogP contribution in [0, 0.1) is 0 Å². The molecule has 0 saturated heterocycles. The molecule has 3 rings (SSSR count). The Morgan fingerprint density at radius 2 is 2.25 bits per heavy atom. The second-order valence-corrected chi connectivity index (χ2v) is 4.26. The van der Waals surface area contributed by atoms with Gasteiger partial charge in [-0.25, -0.2) is 0 Å². The van der Waals surface area contributed by atoms with Crippen LogP contribution in [0.1, 0.15) is 0 Å². The number of furan rings is 1. The van der Waals surface area contributed by atoms with E-state index < -0.39 is 0 Å². The normalized spacial score (nSPS) is 10.8. The van der Waals surface area contributed by atoms with Crippen LogP contribution in [-0.2, 0) is 0 Å². The Hall–Kier alpha value is -2.01. The Balaban J connectivity index is 2.21. The van der Waals surface area contributed by atoms with Crippen LogP contribution in [-0.4, -0.2) is 10.2 Å². The first-order valence-corrected chi connectivity index (χ1v) is 5.66. The van der Waals surface area contributed by atoms with Gasteiger partial charge in [0.15, 0.2) is 11.6 Å². The van der Waals surface area contributed by atoms with E-state index in [1.165, 1.54) is 0 Å². The van der Waals surface area contributed by atoms with Crippen molar-refractivity contribution in [3.8, 4) is 21.9 Å². The maximum atomic E-state index is 5.86. The largest absolute Gasteiger partial charge is 0.463 e. The van der Waals surface area contributed by atoms with Gasteiger partial charge in [0.2, 0.25) is 0 Å². The Labute approximate surface area is 95.7 Å². The summed E-state index contributed by atoms with van der Waals surface area (Å²) >= 11 is 1.62. The topological polar surface area (TPSA) is 67.8 Å². The number of aromatic nitrogens is 2. The standard InChI is InChI=1S/C11H9N3OS/c12-11-9(8-4-2-6-16-8)10(13-14-11)7-3-1-5-15-7/h1-6H,(H3,12,13,14). The Morgan fingerprint density at radius 1 is 1.31 bits per heavy atom. The fraction of sp³-hybridized carbons (Fsp3) is 0. The number of H-pyrrole nitrogens is 1. The average molecular weight is 231 g/mol. The number of nitrogens with one attached hydrogen (secondary N) is 1. The third kappa shape index (κ3) is 1.33. The molecule has 3 N–H and O–H groups in total. The molecule has 80 valence electrons. The van der Waals surface area contributed by atoms with Crippen molar-refractivity contribution in [2.24, 2.45) is 0 Å². The summed E-state index contributed by atoms with van der Waals surface area (Å²) in [6.45, 7) is 0. The molecule has 0 fully saturated rings. The quantitative estimate of drug-likeness (QED) is 0.712. The van der Waals surface area contributed by atoms with Crippen LogP contribution in [0.4, 0.5) is 5.82 Å².